The Morgan fingerprint density at radius 1 is 1.15 bits per heavy atom. The van der Waals surface area contributed by atoms with E-state index in [1.165, 1.54) is 0 Å². The molecule has 6 nitrogen and oxygen atoms in total. The highest BCUT2D eigenvalue weighted by molar-refractivity contribution is 5.98. The zero-order valence-electron chi connectivity index (χ0n) is 10.7. The largest absolute Gasteiger partial charge is 0.454 e. The molecule has 1 aliphatic carbocycles. The molecule has 1 saturated carbocycles. The molecule has 20 heavy (non-hydrogen) atoms. The number of hydrogen-bond acceptors (Lipinski definition) is 5. The van der Waals surface area contributed by atoms with Crippen LogP contribution in [-0.4, -0.2) is 41.2 Å². The normalized spacial score (nSPS) is 34.2. The molecule has 106 valence electrons. The maximum absolute atomic E-state index is 12.2. The molecule has 6 heteroatoms. The molecule has 1 amide bonds. The number of ether oxygens (including phenoxy) is 2. The van der Waals surface area contributed by atoms with Crippen molar-refractivity contribution in [3.05, 3.63) is 23.3 Å². The summed E-state index contributed by atoms with van der Waals surface area (Å²) >= 11 is 0. The second-order valence-corrected chi connectivity index (χ2v) is 5.53. The minimum absolute atomic E-state index is 0.138. The van der Waals surface area contributed by atoms with E-state index >= 15 is 0 Å². The van der Waals surface area contributed by atoms with Gasteiger partial charge in [-0.25, -0.2) is 0 Å². The Kier molecular flexibility index (Phi) is 2.46. The van der Waals surface area contributed by atoms with E-state index in [4.69, 9.17) is 9.47 Å². The van der Waals surface area contributed by atoms with Gasteiger partial charge in [-0.15, -0.1) is 0 Å². The molecule has 2 heterocycles. The summed E-state index contributed by atoms with van der Waals surface area (Å²) in [5.41, 5.74) is 1.22. The Labute approximate surface area is 115 Å². The second kappa shape index (κ2) is 4.10. The zero-order valence-corrected chi connectivity index (χ0v) is 10.7. The number of fused-ring (bicyclic) bond motifs is 4. The number of benzene rings is 1. The van der Waals surface area contributed by atoms with Gasteiger partial charge in [0.1, 0.15) is 0 Å². The van der Waals surface area contributed by atoms with Crippen molar-refractivity contribution in [2.45, 2.75) is 37.0 Å². The van der Waals surface area contributed by atoms with Gasteiger partial charge in [-0.05, 0) is 30.5 Å². The predicted octanol–water partition coefficient (Wildman–Crippen LogP) is 0.126. The highest BCUT2D eigenvalue weighted by Gasteiger charge is 2.44. The number of aliphatic hydroxyl groups is 2. The summed E-state index contributed by atoms with van der Waals surface area (Å²) in [5, 5.41) is 23.1. The minimum Gasteiger partial charge on any atom is -0.454 e. The van der Waals surface area contributed by atoms with Crippen LogP contribution in [-0.2, 0) is 0 Å². The van der Waals surface area contributed by atoms with E-state index < -0.39 is 12.2 Å². The van der Waals surface area contributed by atoms with E-state index in [9.17, 15) is 15.0 Å². The van der Waals surface area contributed by atoms with Crippen LogP contribution in [0, 0.1) is 0 Å². The number of carbonyl (C=O) groups excluding carboxylic acids is 1. The van der Waals surface area contributed by atoms with Crippen LogP contribution < -0.4 is 14.8 Å². The molecular weight excluding hydrogens is 262 g/mol. The van der Waals surface area contributed by atoms with Crippen molar-refractivity contribution in [3.63, 3.8) is 0 Å². The third-order valence-electron chi connectivity index (χ3n) is 4.43. The third kappa shape index (κ3) is 1.55. The third-order valence-corrected chi connectivity index (χ3v) is 4.43. The number of amides is 1. The molecule has 1 aromatic carbocycles. The van der Waals surface area contributed by atoms with E-state index in [-0.39, 0.29) is 24.7 Å². The van der Waals surface area contributed by atoms with Crippen molar-refractivity contribution < 1.29 is 24.5 Å². The van der Waals surface area contributed by atoms with Gasteiger partial charge in [-0.3, -0.25) is 4.79 Å². The molecule has 2 aliphatic heterocycles. The van der Waals surface area contributed by atoms with Crippen molar-refractivity contribution >= 4 is 5.91 Å². The fourth-order valence-electron chi connectivity index (χ4n) is 3.42. The van der Waals surface area contributed by atoms with Crippen LogP contribution in [0.5, 0.6) is 11.5 Å². The Morgan fingerprint density at radius 2 is 1.90 bits per heavy atom. The maximum atomic E-state index is 12.2. The van der Waals surface area contributed by atoms with Gasteiger partial charge >= 0.3 is 0 Å². The quantitative estimate of drug-likeness (QED) is 0.627. The fraction of sp³-hybridized carbons (Fsp3) is 0.500. The molecule has 0 aromatic heterocycles. The van der Waals surface area contributed by atoms with E-state index in [1.807, 2.05) is 0 Å². The van der Waals surface area contributed by atoms with Crippen LogP contribution in [0.15, 0.2) is 12.1 Å². The molecule has 3 aliphatic rings. The second-order valence-electron chi connectivity index (χ2n) is 5.53. The van der Waals surface area contributed by atoms with Crippen molar-refractivity contribution in [1.82, 2.24) is 5.32 Å². The van der Waals surface area contributed by atoms with Crippen LogP contribution in [0.1, 0.15) is 34.7 Å². The van der Waals surface area contributed by atoms with Gasteiger partial charge in [0, 0.05) is 17.5 Å². The molecule has 1 fully saturated rings. The number of rotatable bonds is 0. The number of carbonyl (C=O) groups is 1. The minimum atomic E-state index is -0.881. The van der Waals surface area contributed by atoms with Crippen molar-refractivity contribution in [2.75, 3.05) is 6.79 Å². The SMILES string of the molecule is O=C1N[C@H]2CC[C@@H](O)[C@H](O)[C@@H]2c2cc3c(cc21)OCO3. The Hall–Kier alpha value is -1.79. The zero-order chi connectivity index (χ0) is 13.9. The molecule has 4 rings (SSSR count). The van der Waals surface area contributed by atoms with Gasteiger partial charge in [-0.1, -0.05) is 0 Å². The van der Waals surface area contributed by atoms with Gasteiger partial charge in [0.25, 0.3) is 5.91 Å². The molecule has 0 spiro atoms. The lowest BCUT2D eigenvalue weighted by Gasteiger charge is -2.42. The van der Waals surface area contributed by atoms with Crippen LogP contribution in [0.4, 0.5) is 0 Å². The molecule has 3 N–H and O–H groups in total. The van der Waals surface area contributed by atoms with Crippen LogP contribution in [0.3, 0.4) is 0 Å². The summed E-state index contributed by atoms with van der Waals surface area (Å²) in [4.78, 5) is 12.2. The smallest absolute Gasteiger partial charge is 0.251 e. The average Bonchev–Trinajstić information content (AvgIpc) is 2.88. The molecule has 0 saturated heterocycles. The standard InChI is InChI=1S/C14H15NO5/c16-9-2-1-8-12(13(9)17)6-3-10-11(20-5-19-10)4-7(6)14(18)15-8/h3-4,8-9,12-13,16-17H,1-2,5H2,(H,15,18)/t8-,9+,12+,13-/m0/s1. The lowest BCUT2D eigenvalue weighted by atomic mass is 9.73. The van der Waals surface area contributed by atoms with Gasteiger partial charge in [0.2, 0.25) is 6.79 Å². The first-order valence-electron chi connectivity index (χ1n) is 6.75. The van der Waals surface area contributed by atoms with Crippen LogP contribution in [0.2, 0.25) is 0 Å². The van der Waals surface area contributed by atoms with E-state index in [0.29, 0.717) is 29.9 Å². The predicted molar refractivity (Wildman–Crippen MR) is 67.8 cm³/mol. The summed E-state index contributed by atoms with van der Waals surface area (Å²) in [5.74, 6) is 0.664. The molecule has 0 radical (unpaired) electrons. The van der Waals surface area contributed by atoms with Crippen LogP contribution in [0.25, 0.3) is 0 Å². The first kappa shape index (κ1) is 12.0. The van der Waals surface area contributed by atoms with Crippen LogP contribution >= 0.6 is 0 Å². The topological polar surface area (TPSA) is 88.0 Å². The number of aliphatic hydroxyl groups excluding tert-OH is 2. The maximum Gasteiger partial charge on any atom is 0.251 e. The monoisotopic (exact) mass is 277 g/mol. The van der Waals surface area contributed by atoms with Gasteiger partial charge < -0.3 is 25.0 Å². The first-order valence-corrected chi connectivity index (χ1v) is 6.75. The molecule has 0 bridgehead atoms. The average molecular weight is 277 g/mol. The number of hydrogen-bond donors (Lipinski definition) is 3. The van der Waals surface area contributed by atoms with Gasteiger partial charge in [0.05, 0.1) is 12.2 Å². The lowest BCUT2D eigenvalue weighted by Crippen LogP contribution is -2.54. The molecule has 0 unspecified atom stereocenters. The fourth-order valence-corrected chi connectivity index (χ4v) is 3.42. The Balaban J connectivity index is 1.85. The highest BCUT2D eigenvalue weighted by Crippen LogP contribution is 2.43. The first-order chi connectivity index (χ1) is 9.65. The molecular formula is C14H15NO5. The molecule has 4 atom stereocenters. The summed E-state index contributed by atoms with van der Waals surface area (Å²) in [6.07, 6.45) is -0.497. The van der Waals surface area contributed by atoms with Crippen molar-refractivity contribution in [1.29, 1.82) is 0 Å². The van der Waals surface area contributed by atoms with E-state index in [0.717, 1.165) is 5.56 Å². The Bertz CT molecular complexity index is 587. The van der Waals surface area contributed by atoms with E-state index in [1.54, 1.807) is 12.1 Å². The lowest BCUT2D eigenvalue weighted by molar-refractivity contribution is -0.0342. The molecule has 1 aromatic rings. The van der Waals surface area contributed by atoms with Gasteiger partial charge in [-0.2, -0.15) is 0 Å². The van der Waals surface area contributed by atoms with E-state index in [2.05, 4.69) is 5.32 Å². The Morgan fingerprint density at radius 3 is 2.70 bits per heavy atom. The van der Waals surface area contributed by atoms with Crippen molar-refractivity contribution in [3.8, 4) is 11.5 Å². The summed E-state index contributed by atoms with van der Waals surface area (Å²) < 4.78 is 10.6. The highest BCUT2D eigenvalue weighted by atomic mass is 16.7. The summed E-state index contributed by atoms with van der Waals surface area (Å²) in [6.45, 7) is 0.138. The number of nitrogens with one attached hydrogen (secondary N) is 1. The summed E-state index contributed by atoms with van der Waals surface area (Å²) in [6, 6.07) is 3.26. The van der Waals surface area contributed by atoms with Crippen molar-refractivity contribution in [2.24, 2.45) is 0 Å². The summed E-state index contributed by atoms with van der Waals surface area (Å²) in [7, 11) is 0. The van der Waals surface area contributed by atoms with Gasteiger partial charge in [0.15, 0.2) is 11.5 Å².